The highest BCUT2D eigenvalue weighted by atomic mass is 35.5. The molecular weight excluding hydrogens is 511 g/mol. The molecule has 2 aromatic carbocycles. The predicted molar refractivity (Wildman–Crippen MR) is 131 cm³/mol. The van der Waals surface area contributed by atoms with Gasteiger partial charge in [-0.25, -0.2) is 13.8 Å². The Bertz CT molecular complexity index is 1340. The molecule has 2 fully saturated rings. The summed E-state index contributed by atoms with van der Waals surface area (Å²) in [6.45, 7) is 2.37. The Balaban J connectivity index is 1.17. The number of hydroxylamine groups is 2. The van der Waals surface area contributed by atoms with Gasteiger partial charge in [0.2, 0.25) is 0 Å². The van der Waals surface area contributed by atoms with Crippen molar-refractivity contribution in [3.63, 3.8) is 0 Å². The first-order valence-electron chi connectivity index (χ1n) is 11.9. The van der Waals surface area contributed by atoms with Crippen molar-refractivity contribution in [2.45, 2.75) is 43.6 Å². The topological polar surface area (TPSA) is 71.0 Å². The number of hydrogen-bond acceptors (Lipinski definition) is 4. The number of aryl methyl sites for hydroxylation is 1. The fourth-order valence-electron chi connectivity index (χ4n) is 5.42. The zero-order chi connectivity index (χ0) is 25.4. The quantitative estimate of drug-likeness (QED) is 0.598. The molecule has 4 aliphatic rings. The number of halogens is 4. The van der Waals surface area contributed by atoms with Crippen LogP contribution in [0, 0.1) is 12.8 Å². The van der Waals surface area contributed by atoms with Gasteiger partial charge in [0.25, 0.3) is 17.7 Å². The summed E-state index contributed by atoms with van der Waals surface area (Å²) in [5, 5.41) is 4.38. The van der Waals surface area contributed by atoms with E-state index >= 15 is 8.78 Å². The number of alkyl halides is 2. The molecule has 36 heavy (non-hydrogen) atoms. The van der Waals surface area contributed by atoms with E-state index in [1.165, 1.54) is 11.1 Å². The van der Waals surface area contributed by atoms with Gasteiger partial charge in [-0.15, -0.1) is 0 Å². The number of fused-ring (bicyclic) bond motifs is 2. The number of benzene rings is 2. The predicted octanol–water partition coefficient (Wildman–Crippen LogP) is 4.82. The average molecular weight is 534 g/mol. The van der Waals surface area contributed by atoms with E-state index in [-0.39, 0.29) is 42.0 Å². The Morgan fingerprint density at radius 2 is 2.03 bits per heavy atom. The third-order valence-electron chi connectivity index (χ3n) is 7.67. The second-order valence-electron chi connectivity index (χ2n) is 10.1. The van der Waals surface area contributed by atoms with Gasteiger partial charge in [-0.05, 0) is 66.6 Å². The second-order valence-corrected chi connectivity index (χ2v) is 10.9. The lowest BCUT2D eigenvalue weighted by Crippen LogP contribution is -2.54. The summed E-state index contributed by atoms with van der Waals surface area (Å²) >= 11 is 12.2. The van der Waals surface area contributed by atoms with Gasteiger partial charge in [-0.2, -0.15) is 0 Å². The molecule has 0 radical (unpaired) electrons. The van der Waals surface area contributed by atoms with Crippen LogP contribution in [0.3, 0.4) is 0 Å². The Morgan fingerprint density at radius 1 is 1.25 bits per heavy atom. The summed E-state index contributed by atoms with van der Waals surface area (Å²) < 4.78 is 30.5. The Labute approximate surface area is 216 Å². The molecule has 1 saturated carbocycles. The lowest BCUT2D eigenvalue weighted by Gasteiger charge is -2.48. The first-order valence-corrected chi connectivity index (χ1v) is 12.6. The van der Waals surface area contributed by atoms with Gasteiger partial charge in [0, 0.05) is 28.3 Å². The van der Waals surface area contributed by atoms with Gasteiger partial charge in [0.15, 0.2) is 0 Å². The van der Waals surface area contributed by atoms with Crippen LogP contribution in [0.4, 0.5) is 8.78 Å². The lowest BCUT2D eigenvalue weighted by atomic mass is 9.59. The summed E-state index contributed by atoms with van der Waals surface area (Å²) in [6, 6.07) is 7.26. The molecule has 2 aromatic rings. The fourth-order valence-corrected chi connectivity index (χ4v) is 6.03. The van der Waals surface area contributed by atoms with Crippen LogP contribution in [0.15, 0.2) is 35.3 Å². The minimum atomic E-state index is -3.12. The average Bonchev–Trinajstić information content (AvgIpc) is 3.40. The molecule has 2 heterocycles. The van der Waals surface area contributed by atoms with Gasteiger partial charge in [-0.1, -0.05) is 29.3 Å². The maximum Gasteiger partial charge on any atom is 0.286 e. The number of nitrogens with zero attached hydrogens (tertiary/aromatic N) is 2. The van der Waals surface area contributed by atoms with Gasteiger partial charge in [0.1, 0.15) is 12.6 Å². The van der Waals surface area contributed by atoms with E-state index < -0.39 is 17.4 Å². The lowest BCUT2D eigenvalue weighted by molar-refractivity contribution is -0.162. The van der Waals surface area contributed by atoms with Crippen LogP contribution in [0.2, 0.25) is 10.0 Å². The van der Waals surface area contributed by atoms with Crippen LogP contribution in [-0.4, -0.2) is 48.3 Å². The molecule has 0 aromatic heterocycles. The molecule has 6 nitrogen and oxygen atoms in total. The SMILES string of the molecule is Cc1cc(C2=NCC3(C2)c2cc(Cl)cc(Cl)c2C3(F)F)ccc1C(=O)N[C@@H]1CON(CC2CC2)C1=O. The molecule has 2 amide bonds. The summed E-state index contributed by atoms with van der Waals surface area (Å²) in [6.07, 6.45) is 2.22. The number of hydrogen-bond donors (Lipinski definition) is 1. The third-order valence-corrected chi connectivity index (χ3v) is 8.18. The monoisotopic (exact) mass is 533 g/mol. The summed E-state index contributed by atoms with van der Waals surface area (Å²) in [4.78, 5) is 35.3. The van der Waals surface area contributed by atoms with Crippen molar-refractivity contribution >= 4 is 40.7 Å². The molecule has 0 bridgehead atoms. The zero-order valence-electron chi connectivity index (χ0n) is 19.4. The van der Waals surface area contributed by atoms with Crippen molar-refractivity contribution in [2.75, 3.05) is 19.7 Å². The van der Waals surface area contributed by atoms with Crippen LogP contribution in [-0.2, 0) is 21.0 Å². The van der Waals surface area contributed by atoms with Crippen molar-refractivity contribution in [1.82, 2.24) is 10.4 Å². The van der Waals surface area contributed by atoms with E-state index in [9.17, 15) is 9.59 Å². The van der Waals surface area contributed by atoms with Crippen LogP contribution < -0.4 is 5.32 Å². The van der Waals surface area contributed by atoms with Gasteiger partial charge in [-0.3, -0.25) is 19.4 Å². The molecule has 1 unspecified atom stereocenters. The molecular formula is C26H23Cl2F2N3O3. The van der Waals surface area contributed by atoms with Crippen molar-refractivity contribution in [3.8, 4) is 0 Å². The van der Waals surface area contributed by atoms with Gasteiger partial charge >= 0.3 is 0 Å². The largest absolute Gasteiger partial charge is 0.338 e. The highest BCUT2D eigenvalue weighted by Gasteiger charge is 2.68. The smallest absolute Gasteiger partial charge is 0.286 e. The van der Waals surface area contributed by atoms with Gasteiger partial charge < -0.3 is 5.32 Å². The Kier molecular flexibility index (Phi) is 5.45. The van der Waals surface area contributed by atoms with E-state index in [1.54, 1.807) is 31.2 Å². The molecule has 1 N–H and O–H groups in total. The number of nitrogens with one attached hydrogen (secondary N) is 1. The maximum absolute atomic E-state index is 15.3. The van der Waals surface area contributed by atoms with Crippen LogP contribution >= 0.6 is 23.2 Å². The molecule has 188 valence electrons. The summed E-state index contributed by atoms with van der Waals surface area (Å²) in [5.74, 6) is -3.26. The van der Waals surface area contributed by atoms with Crippen molar-refractivity contribution in [2.24, 2.45) is 10.9 Å². The summed E-state index contributed by atoms with van der Waals surface area (Å²) in [7, 11) is 0. The fraction of sp³-hybridized carbons (Fsp3) is 0.423. The Hall–Kier alpha value is -2.55. The van der Waals surface area contributed by atoms with E-state index in [4.69, 9.17) is 28.0 Å². The maximum atomic E-state index is 15.3. The first-order chi connectivity index (χ1) is 17.1. The zero-order valence-corrected chi connectivity index (χ0v) is 20.9. The van der Waals surface area contributed by atoms with Crippen LogP contribution in [0.25, 0.3) is 0 Å². The normalized spacial score (nSPS) is 26.1. The number of rotatable bonds is 5. The second kappa shape index (κ2) is 8.23. The number of amides is 2. The van der Waals surface area contributed by atoms with E-state index in [1.807, 2.05) is 0 Å². The van der Waals surface area contributed by atoms with Crippen molar-refractivity contribution < 1.29 is 23.2 Å². The first kappa shape index (κ1) is 23.8. The highest BCUT2D eigenvalue weighted by molar-refractivity contribution is 6.35. The molecule has 1 spiro atoms. The molecule has 10 heteroatoms. The molecule has 6 rings (SSSR count). The van der Waals surface area contributed by atoms with Crippen molar-refractivity contribution in [3.05, 3.63) is 68.2 Å². The third kappa shape index (κ3) is 3.56. The summed E-state index contributed by atoms with van der Waals surface area (Å²) in [5.41, 5.74) is 1.08. The minimum Gasteiger partial charge on any atom is -0.338 e. The van der Waals surface area contributed by atoms with Gasteiger partial charge in [0.05, 0.1) is 23.5 Å². The minimum absolute atomic E-state index is 0.0328. The molecule has 2 atom stereocenters. The van der Waals surface area contributed by atoms with E-state index in [0.717, 1.165) is 12.8 Å². The Morgan fingerprint density at radius 3 is 2.75 bits per heavy atom. The van der Waals surface area contributed by atoms with Crippen molar-refractivity contribution in [1.29, 1.82) is 0 Å². The molecule has 2 aliphatic carbocycles. The highest BCUT2D eigenvalue weighted by Crippen LogP contribution is 2.64. The standard InChI is InChI=1S/C26H23Cl2F2N3O3/c1-13-6-15(4-5-17(13)23(34)32-21-11-36-33(24(21)35)10-14-2-3-14)20-9-25(12-31-20)18-7-16(27)8-19(28)22(18)26(25,29)30/h4-8,14,21H,2-3,9-12H2,1H3,(H,32,34)/t21-,25?/m1/s1. The molecule has 2 aliphatic heterocycles. The van der Waals surface area contributed by atoms with E-state index in [0.29, 0.717) is 45.5 Å². The molecule has 1 saturated heterocycles. The number of carbonyl (C=O) groups is 2. The number of aliphatic imine (C=N–C) groups is 1. The number of carbonyl (C=O) groups excluding carboxylic acids is 2. The van der Waals surface area contributed by atoms with Crippen LogP contribution in [0.5, 0.6) is 0 Å². The van der Waals surface area contributed by atoms with E-state index in [2.05, 4.69) is 10.3 Å². The van der Waals surface area contributed by atoms with Crippen LogP contribution in [0.1, 0.15) is 51.9 Å².